The molecule has 0 aromatic heterocycles. The second kappa shape index (κ2) is 7.12. The summed E-state index contributed by atoms with van der Waals surface area (Å²) in [5.74, 6) is 1.14. The van der Waals surface area contributed by atoms with Crippen LogP contribution in [-0.2, 0) is 0 Å². The number of nitro benzene ring substituents is 1. The van der Waals surface area contributed by atoms with Crippen molar-refractivity contribution in [3.8, 4) is 5.75 Å². The van der Waals surface area contributed by atoms with E-state index in [2.05, 4.69) is 5.32 Å². The third-order valence-corrected chi connectivity index (χ3v) is 3.74. The summed E-state index contributed by atoms with van der Waals surface area (Å²) < 4.78 is 5.47. The average molecular weight is 278 g/mol. The van der Waals surface area contributed by atoms with E-state index in [9.17, 15) is 10.1 Å². The number of rotatable bonds is 8. The minimum atomic E-state index is -0.364. The molecule has 5 nitrogen and oxygen atoms in total. The quantitative estimate of drug-likeness (QED) is 0.577. The highest BCUT2D eigenvalue weighted by atomic mass is 16.6. The zero-order chi connectivity index (χ0) is 14.4. The molecule has 1 saturated carbocycles. The Morgan fingerprint density at radius 3 is 2.85 bits per heavy atom. The number of nitro groups is 1. The standard InChI is InChI=1S/C15H22N2O3/c1-2-11-20-14-8-4-7-13(15(14)17(18)19)16-10-9-12-5-3-6-12/h4,7-8,12,16H,2-3,5-6,9-11H2,1H3. The molecule has 0 atom stereocenters. The fraction of sp³-hybridized carbons (Fsp3) is 0.600. The fourth-order valence-electron chi connectivity index (χ4n) is 2.37. The SMILES string of the molecule is CCCOc1cccc(NCCC2CCC2)c1[N+](=O)[O-]. The van der Waals surface area contributed by atoms with E-state index in [1.165, 1.54) is 19.3 Å². The second-order valence-electron chi connectivity index (χ2n) is 5.27. The Balaban J connectivity index is 2.03. The molecule has 1 fully saturated rings. The second-order valence-corrected chi connectivity index (χ2v) is 5.27. The maximum absolute atomic E-state index is 11.3. The minimum Gasteiger partial charge on any atom is -0.487 e. The summed E-state index contributed by atoms with van der Waals surface area (Å²) in [5, 5.41) is 14.4. The normalized spacial score (nSPS) is 14.7. The van der Waals surface area contributed by atoms with E-state index in [1.54, 1.807) is 18.2 Å². The Morgan fingerprint density at radius 2 is 2.25 bits per heavy atom. The van der Waals surface area contributed by atoms with Gasteiger partial charge in [0.15, 0.2) is 5.75 Å². The minimum absolute atomic E-state index is 0.0505. The topological polar surface area (TPSA) is 64.4 Å². The van der Waals surface area contributed by atoms with Gasteiger partial charge in [-0.1, -0.05) is 32.3 Å². The number of nitrogens with one attached hydrogen (secondary N) is 1. The fourth-order valence-corrected chi connectivity index (χ4v) is 2.37. The number of benzene rings is 1. The van der Waals surface area contributed by atoms with Gasteiger partial charge < -0.3 is 10.1 Å². The summed E-state index contributed by atoms with van der Waals surface area (Å²) in [7, 11) is 0. The molecule has 1 aromatic carbocycles. The molecule has 1 aromatic rings. The van der Waals surface area contributed by atoms with Crippen molar-refractivity contribution in [1.29, 1.82) is 0 Å². The van der Waals surface area contributed by atoms with E-state index in [1.807, 2.05) is 6.92 Å². The van der Waals surface area contributed by atoms with Crippen LogP contribution >= 0.6 is 0 Å². The van der Waals surface area contributed by atoms with Crippen molar-refractivity contribution in [3.05, 3.63) is 28.3 Å². The molecule has 5 heteroatoms. The molecule has 0 unspecified atom stereocenters. The summed E-state index contributed by atoms with van der Waals surface area (Å²) in [4.78, 5) is 10.9. The Bertz CT molecular complexity index is 458. The number of nitrogens with zero attached hydrogens (tertiary/aromatic N) is 1. The molecule has 0 amide bonds. The number of anilines is 1. The van der Waals surface area contributed by atoms with Crippen LogP contribution in [0.25, 0.3) is 0 Å². The maximum Gasteiger partial charge on any atom is 0.333 e. The van der Waals surface area contributed by atoms with E-state index in [0.717, 1.165) is 25.3 Å². The van der Waals surface area contributed by atoms with Crippen molar-refractivity contribution in [2.75, 3.05) is 18.5 Å². The molecular weight excluding hydrogens is 256 g/mol. The zero-order valence-electron chi connectivity index (χ0n) is 11.9. The van der Waals surface area contributed by atoms with Crippen LogP contribution in [0, 0.1) is 16.0 Å². The van der Waals surface area contributed by atoms with Gasteiger partial charge in [-0.25, -0.2) is 0 Å². The van der Waals surface area contributed by atoms with E-state index < -0.39 is 0 Å². The lowest BCUT2D eigenvalue weighted by molar-refractivity contribution is -0.385. The van der Waals surface area contributed by atoms with Crippen LogP contribution in [0.1, 0.15) is 39.0 Å². The van der Waals surface area contributed by atoms with Gasteiger partial charge in [0.05, 0.1) is 11.5 Å². The Labute approximate surface area is 119 Å². The van der Waals surface area contributed by atoms with Crippen LogP contribution in [-0.4, -0.2) is 18.1 Å². The van der Waals surface area contributed by atoms with E-state index >= 15 is 0 Å². The third kappa shape index (κ3) is 3.62. The lowest BCUT2D eigenvalue weighted by Gasteiger charge is -2.25. The summed E-state index contributed by atoms with van der Waals surface area (Å²) >= 11 is 0. The highest BCUT2D eigenvalue weighted by Gasteiger charge is 2.22. The van der Waals surface area contributed by atoms with Gasteiger partial charge in [0, 0.05) is 6.54 Å². The van der Waals surface area contributed by atoms with Crippen LogP contribution in [0.4, 0.5) is 11.4 Å². The lowest BCUT2D eigenvalue weighted by atomic mass is 9.83. The van der Waals surface area contributed by atoms with Gasteiger partial charge >= 0.3 is 5.69 Å². The van der Waals surface area contributed by atoms with Crippen LogP contribution in [0.15, 0.2) is 18.2 Å². The Kier molecular flexibility index (Phi) is 5.21. The Hall–Kier alpha value is -1.78. The van der Waals surface area contributed by atoms with Gasteiger partial charge in [0.25, 0.3) is 0 Å². The van der Waals surface area contributed by atoms with Gasteiger partial charge in [-0.05, 0) is 30.9 Å². The van der Waals surface area contributed by atoms with Crippen molar-refractivity contribution in [1.82, 2.24) is 0 Å². The van der Waals surface area contributed by atoms with Gasteiger partial charge in [-0.2, -0.15) is 0 Å². The van der Waals surface area contributed by atoms with Crippen LogP contribution in [0.3, 0.4) is 0 Å². The molecular formula is C15H22N2O3. The average Bonchev–Trinajstić information content (AvgIpc) is 2.38. The maximum atomic E-state index is 11.3. The number of para-hydroxylation sites is 1. The Morgan fingerprint density at radius 1 is 1.45 bits per heavy atom. The lowest BCUT2D eigenvalue weighted by Crippen LogP contribution is -2.16. The van der Waals surface area contributed by atoms with E-state index in [0.29, 0.717) is 18.0 Å². The van der Waals surface area contributed by atoms with E-state index in [-0.39, 0.29) is 10.6 Å². The molecule has 0 radical (unpaired) electrons. The summed E-state index contributed by atoms with van der Waals surface area (Å²) in [6.45, 7) is 3.25. The molecule has 0 heterocycles. The third-order valence-electron chi connectivity index (χ3n) is 3.74. The van der Waals surface area contributed by atoms with Gasteiger partial charge in [0.1, 0.15) is 5.69 Å². The molecule has 2 rings (SSSR count). The van der Waals surface area contributed by atoms with Crippen molar-refractivity contribution in [2.24, 2.45) is 5.92 Å². The van der Waals surface area contributed by atoms with E-state index in [4.69, 9.17) is 4.74 Å². The van der Waals surface area contributed by atoms with Crippen molar-refractivity contribution in [2.45, 2.75) is 39.0 Å². The summed E-state index contributed by atoms with van der Waals surface area (Å²) in [6, 6.07) is 5.20. The first-order valence-corrected chi connectivity index (χ1v) is 7.36. The first kappa shape index (κ1) is 14.6. The molecule has 0 spiro atoms. The predicted octanol–water partition coefficient (Wildman–Crippen LogP) is 3.99. The van der Waals surface area contributed by atoms with Gasteiger partial charge in [-0.3, -0.25) is 10.1 Å². The first-order valence-electron chi connectivity index (χ1n) is 7.36. The molecule has 110 valence electrons. The molecule has 1 aliphatic rings. The first-order chi connectivity index (χ1) is 9.72. The number of ether oxygens (including phenoxy) is 1. The predicted molar refractivity (Wildman–Crippen MR) is 79.3 cm³/mol. The summed E-state index contributed by atoms with van der Waals surface area (Å²) in [5.41, 5.74) is 0.609. The molecule has 0 bridgehead atoms. The number of hydrogen-bond donors (Lipinski definition) is 1. The smallest absolute Gasteiger partial charge is 0.333 e. The van der Waals surface area contributed by atoms with Gasteiger partial charge in [-0.15, -0.1) is 0 Å². The molecule has 1 N–H and O–H groups in total. The van der Waals surface area contributed by atoms with Crippen LogP contribution in [0.5, 0.6) is 5.75 Å². The summed E-state index contributed by atoms with van der Waals surface area (Å²) in [6.07, 6.45) is 5.83. The largest absolute Gasteiger partial charge is 0.487 e. The monoisotopic (exact) mass is 278 g/mol. The van der Waals surface area contributed by atoms with Crippen molar-refractivity contribution >= 4 is 11.4 Å². The van der Waals surface area contributed by atoms with Crippen molar-refractivity contribution in [3.63, 3.8) is 0 Å². The van der Waals surface area contributed by atoms with Crippen molar-refractivity contribution < 1.29 is 9.66 Å². The van der Waals surface area contributed by atoms with Crippen LogP contribution in [0.2, 0.25) is 0 Å². The molecule has 20 heavy (non-hydrogen) atoms. The van der Waals surface area contributed by atoms with Gasteiger partial charge in [0.2, 0.25) is 0 Å². The highest BCUT2D eigenvalue weighted by molar-refractivity contribution is 5.68. The zero-order valence-corrected chi connectivity index (χ0v) is 11.9. The molecule has 0 saturated heterocycles. The highest BCUT2D eigenvalue weighted by Crippen LogP contribution is 2.35. The molecule has 0 aliphatic heterocycles. The van der Waals surface area contributed by atoms with Crippen LogP contribution < -0.4 is 10.1 Å². The number of hydrogen-bond acceptors (Lipinski definition) is 4. The molecule has 1 aliphatic carbocycles.